The number of ether oxygens (including phenoxy) is 1. The molecule has 6 nitrogen and oxygen atoms in total. The molecular formula is C20H17FN4O2. The maximum absolute atomic E-state index is 13.3. The molecule has 0 radical (unpaired) electrons. The topological polar surface area (TPSA) is 79.9 Å². The second-order valence-electron chi connectivity index (χ2n) is 5.85. The number of rotatable bonds is 6. The Bertz CT molecular complexity index is 976. The fourth-order valence-corrected chi connectivity index (χ4v) is 2.64. The Hall–Kier alpha value is -3.66. The molecule has 1 heterocycles. The van der Waals surface area contributed by atoms with Crippen LogP contribution in [-0.2, 0) is 11.8 Å². The highest BCUT2D eigenvalue weighted by Crippen LogP contribution is 2.21. The minimum absolute atomic E-state index is 0.263. The summed E-state index contributed by atoms with van der Waals surface area (Å²) in [6.07, 6.45) is 3.38. The fourth-order valence-electron chi connectivity index (χ4n) is 2.64. The Morgan fingerprint density at radius 1 is 1.30 bits per heavy atom. The molecule has 3 aromatic rings. The Morgan fingerprint density at radius 3 is 2.70 bits per heavy atom. The van der Waals surface area contributed by atoms with Crippen LogP contribution in [0.2, 0.25) is 0 Å². The van der Waals surface area contributed by atoms with Gasteiger partial charge in [-0.1, -0.05) is 24.3 Å². The van der Waals surface area contributed by atoms with Crippen molar-refractivity contribution in [2.45, 2.75) is 6.04 Å². The van der Waals surface area contributed by atoms with Crippen molar-refractivity contribution >= 4 is 5.91 Å². The first-order chi connectivity index (χ1) is 13.1. The predicted octanol–water partition coefficient (Wildman–Crippen LogP) is 2.72. The maximum atomic E-state index is 13.3. The number of benzene rings is 2. The van der Waals surface area contributed by atoms with Gasteiger partial charge in [0.25, 0.3) is 5.91 Å². The quantitative estimate of drug-likeness (QED) is 0.729. The highest BCUT2D eigenvalue weighted by Gasteiger charge is 2.21. The van der Waals surface area contributed by atoms with Gasteiger partial charge >= 0.3 is 0 Å². The van der Waals surface area contributed by atoms with E-state index in [0.717, 1.165) is 0 Å². The van der Waals surface area contributed by atoms with Crippen LogP contribution >= 0.6 is 0 Å². The van der Waals surface area contributed by atoms with E-state index in [1.807, 2.05) is 13.1 Å². The highest BCUT2D eigenvalue weighted by molar-refractivity contribution is 5.78. The van der Waals surface area contributed by atoms with Gasteiger partial charge in [0.2, 0.25) is 0 Å². The molecule has 0 spiro atoms. The van der Waals surface area contributed by atoms with Gasteiger partial charge in [-0.15, -0.1) is 0 Å². The summed E-state index contributed by atoms with van der Waals surface area (Å²) >= 11 is 0. The monoisotopic (exact) mass is 364 g/mol. The standard InChI is InChI=1S/C20H17FN4O2/c1-25-11-10-23-20(25)19(14-6-8-16(21)9-7-14)24-18(26)13-27-17-5-3-2-4-15(17)12-22/h2-11,19H,13H2,1H3,(H,24,26). The molecule has 1 unspecified atom stereocenters. The molecule has 1 aromatic heterocycles. The van der Waals surface area contributed by atoms with Crippen molar-refractivity contribution in [1.82, 2.24) is 14.9 Å². The zero-order valence-electron chi connectivity index (χ0n) is 14.6. The van der Waals surface area contributed by atoms with Crippen LogP contribution in [0, 0.1) is 17.1 Å². The molecule has 1 N–H and O–H groups in total. The number of imidazole rings is 1. The highest BCUT2D eigenvalue weighted by atomic mass is 19.1. The number of hydrogen-bond donors (Lipinski definition) is 1. The van der Waals surface area contributed by atoms with Gasteiger partial charge < -0.3 is 14.6 Å². The van der Waals surface area contributed by atoms with Crippen molar-refractivity contribution in [1.29, 1.82) is 5.26 Å². The maximum Gasteiger partial charge on any atom is 0.258 e. The van der Waals surface area contributed by atoms with Crippen LogP contribution in [0.15, 0.2) is 60.9 Å². The van der Waals surface area contributed by atoms with Crippen molar-refractivity contribution in [3.63, 3.8) is 0 Å². The molecule has 0 fully saturated rings. The molecule has 0 bridgehead atoms. The molecule has 0 aliphatic heterocycles. The summed E-state index contributed by atoms with van der Waals surface area (Å²) in [6.45, 7) is -0.263. The van der Waals surface area contributed by atoms with E-state index >= 15 is 0 Å². The first kappa shape index (κ1) is 18.1. The Morgan fingerprint density at radius 2 is 2.04 bits per heavy atom. The van der Waals surface area contributed by atoms with E-state index in [4.69, 9.17) is 10.00 Å². The number of nitrogens with zero attached hydrogens (tertiary/aromatic N) is 3. The van der Waals surface area contributed by atoms with Gasteiger partial charge in [-0.25, -0.2) is 9.37 Å². The van der Waals surface area contributed by atoms with Crippen LogP contribution < -0.4 is 10.1 Å². The molecule has 0 saturated carbocycles. The van der Waals surface area contributed by atoms with Crippen molar-refractivity contribution < 1.29 is 13.9 Å². The Balaban J connectivity index is 1.76. The van der Waals surface area contributed by atoms with Crippen LogP contribution in [0.25, 0.3) is 0 Å². The van der Waals surface area contributed by atoms with E-state index in [1.54, 1.807) is 53.4 Å². The molecule has 1 amide bonds. The van der Waals surface area contributed by atoms with Crippen LogP contribution in [0.4, 0.5) is 4.39 Å². The molecule has 0 aliphatic rings. The Labute approximate surface area is 155 Å². The summed E-state index contributed by atoms with van der Waals surface area (Å²) in [4.78, 5) is 16.7. The summed E-state index contributed by atoms with van der Waals surface area (Å²) in [7, 11) is 1.81. The number of carbonyl (C=O) groups is 1. The van der Waals surface area contributed by atoms with E-state index in [0.29, 0.717) is 22.7 Å². The normalized spacial score (nSPS) is 11.4. The van der Waals surface area contributed by atoms with Crippen molar-refractivity contribution in [2.75, 3.05) is 6.61 Å². The zero-order valence-corrected chi connectivity index (χ0v) is 14.6. The van der Waals surface area contributed by atoms with Gasteiger partial charge in [-0.2, -0.15) is 5.26 Å². The SMILES string of the molecule is Cn1ccnc1C(NC(=O)COc1ccccc1C#N)c1ccc(F)cc1. The summed E-state index contributed by atoms with van der Waals surface area (Å²) < 4.78 is 20.5. The van der Waals surface area contributed by atoms with E-state index in [1.165, 1.54) is 12.1 Å². The average molecular weight is 364 g/mol. The molecule has 1 atom stereocenters. The smallest absolute Gasteiger partial charge is 0.258 e. The number of hydrogen-bond acceptors (Lipinski definition) is 4. The lowest BCUT2D eigenvalue weighted by Gasteiger charge is -2.19. The molecule has 2 aromatic carbocycles. The van der Waals surface area contributed by atoms with Crippen LogP contribution in [0.3, 0.4) is 0 Å². The lowest BCUT2D eigenvalue weighted by molar-refractivity contribution is -0.123. The van der Waals surface area contributed by atoms with Gasteiger partial charge in [-0.3, -0.25) is 4.79 Å². The molecule has 27 heavy (non-hydrogen) atoms. The number of nitriles is 1. The predicted molar refractivity (Wildman–Crippen MR) is 96.2 cm³/mol. The van der Waals surface area contributed by atoms with Crippen molar-refractivity contribution in [3.8, 4) is 11.8 Å². The number of amides is 1. The van der Waals surface area contributed by atoms with Gasteiger partial charge in [0, 0.05) is 19.4 Å². The lowest BCUT2D eigenvalue weighted by Crippen LogP contribution is -2.34. The largest absolute Gasteiger partial charge is 0.482 e. The van der Waals surface area contributed by atoms with E-state index < -0.39 is 6.04 Å². The lowest BCUT2D eigenvalue weighted by atomic mass is 10.1. The van der Waals surface area contributed by atoms with Gasteiger partial charge in [0.15, 0.2) is 6.61 Å². The third kappa shape index (κ3) is 4.30. The van der Waals surface area contributed by atoms with Crippen LogP contribution in [0.5, 0.6) is 5.75 Å². The molecule has 7 heteroatoms. The number of carbonyl (C=O) groups excluding carboxylic acids is 1. The average Bonchev–Trinajstić information content (AvgIpc) is 3.11. The van der Waals surface area contributed by atoms with Gasteiger partial charge in [-0.05, 0) is 29.8 Å². The van der Waals surface area contributed by atoms with E-state index in [2.05, 4.69) is 10.3 Å². The molecule has 3 rings (SSSR count). The minimum atomic E-state index is -0.562. The van der Waals surface area contributed by atoms with Crippen molar-refractivity contribution in [2.24, 2.45) is 7.05 Å². The summed E-state index contributed by atoms with van der Waals surface area (Å²) in [5, 5.41) is 11.9. The van der Waals surface area contributed by atoms with E-state index in [9.17, 15) is 9.18 Å². The number of aromatic nitrogens is 2. The molecule has 136 valence electrons. The van der Waals surface area contributed by atoms with Crippen LogP contribution in [0.1, 0.15) is 23.0 Å². The van der Waals surface area contributed by atoms with E-state index in [-0.39, 0.29) is 18.3 Å². The van der Waals surface area contributed by atoms with Crippen molar-refractivity contribution in [3.05, 3.63) is 83.7 Å². The summed E-state index contributed by atoms with van der Waals surface area (Å²) in [6, 6.07) is 14.0. The number of nitrogens with one attached hydrogen (secondary N) is 1. The number of aryl methyl sites for hydroxylation is 1. The van der Waals surface area contributed by atoms with Crippen LogP contribution in [-0.4, -0.2) is 22.1 Å². The third-order valence-electron chi connectivity index (χ3n) is 3.99. The summed E-state index contributed by atoms with van der Waals surface area (Å²) in [5.74, 6) is 0.193. The minimum Gasteiger partial charge on any atom is -0.482 e. The second-order valence-corrected chi connectivity index (χ2v) is 5.85. The molecular weight excluding hydrogens is 347 g/mol. The Kier molecular flexibility index (Phi) is 5.47. The second kappa shape index (κ2) is 8.15. The summed E-state index contributed by atoms with van der Waals surface area (Å²) in [5.41, 5.74) is 1.04. The fraction of sp³-hybridized carbons (Fsp3) is 0.150. The van der Waals surface area contributed by atoms with Gasteiger partial charge in [0.05, 0.1) is 5.56 Å². The number of halogens is 1. The molecule has 0 aliphatic carbocycles. The molecule has 0 saturated heterocycles. The first-order valence-corrected chi connectivity index (χ1v) is 8.22. The third-order valence-corrected chi connectivity index (χ3v) is 3.99. The van der Waals surface area contributed by atoms with Gasteiger partial charge in [0.1, 0.15) is 29.5 Å². The first-order valence-electron chi connectivity index (χ1n) is 8.22. The number of para-hydroxylation sites is 1. The zero-order chi connectivity index (χ0) is 19.2.